The Morgan fingerprint density at radius 2 is 1.70 bits per heavy atom. The smallest absolute Gasteiger partial charge is 0.163 e. The van der Waals surface area contributed by atoms with Gasteiger partial charge in [-0.3, -0.25) is 4.79 Å². The lowest BCUT2D eigenvalue weighted by Crippen LogP contribution is -2.36. The summed E-state index contributed by atoms with van der Waals surface area (Å²) in [6.45, 7) is 2.90. The molecule has 1 aliphatic carbocycles. The third-order valence-electron chi connectivity index (χ3n) is 5.74. The van der Waals surface area contributed by atoms with Crippen LogP contribution in [0.5, 0.6) is 0 Å². The summed E-state index contributed by atoms with van der Waals surface area (Å²) in [5, 5.41) is 0. The highest BCUT2D eigenvalue weighted by Gasteiger charge is 2.38. The van der Waals surface area contributed by atoms with Crippen molar-refractivity contribution in [2.45, 2.75) is 45.6 Å². The van der Waals surface area contributed by atoms with E-state index in [1.54, 1.807) is 0 Å². The summed E-state index contributed by atoms with van der Waals surface area (Å²) in [7, 11) is 0. The molecule has 0 spiro atoms. The first kappa shape index (κ1) is 19.7. The predicted octanol–water partition coefficient (Wildman–Crippen LogP) is 6.36. The zero-order chi connectivity index (χ0) is 19.1. The lowest BCUT2D eigenvalue weighted by molar-refractivity contribution is -0.125. The van der Waals surface area contributed by atoms with Crippen molar-refractivity contribution in [3.8, 4) is 0 Å². The number of hydrogen-bond donors (Lipinski definition) is 0. The van der Waals surface area contributed by atoms with Crippen LogP contribution in [0.1, 0.15) is 44.6 Å². The monoisotopic (exact) mass is 381 g/mol. The Hall–Kier alpha value is -2.06. The second kappa shape index (κ2) is 9.23. The van der Waals surface area contributed by atoms with Crippen LogP contribution in [0.2, 0.25) is 0 Å². The van der Waals surface area contributed by atoms with Crippen LogP contribution in [-0.2, 0) is 11.3 Å². The molecule has 0 aromatic heterocycles. The van der Waals surface area contributed by atoms with Gasteiger partial charge < -0.3 is 4.90 Å². The summed E-state index contributed by atoms with van der Waals surface area (Å²) in [6.07, 6.45) is 6.40. The van der Waals surface area contributed by atoms with E-state index in [0.29, 0.717) is 5.88 Å². The highest BCUT2D eigenvalue weighted by atomic mass is 35.5. The van der Waals surface area contributed by atoms with E-state index in [4.69, 9.17) is 11.6 Å². The van der Waals surface area contributed by atoms with Crippen LogP contribution in [0.4, 0.5) is 5.69 Å². The number of benzene rings is 2. The molecule has 27 heavy (non-hydrogen) atoms. The lowest BCUT2D eigenvalue weighted by atomic mass is 9.70. The molecule has 0 saturated carbocycles. The Bertz CT molecular complexity index is 771. The third-order valence-corrected chi connectivity index (χ3v) is 6.01. The molecule has 0 aliphatic heterocycles. The molecule has 1 unspecified atom stereocenters. The van der Waals surface area contributed by atoms with E-state index >= 15 is 0 Å². The van der Waals surface area contributed by atoms with Gasteiger partial charge in [-0.05, 0) is 49.8 Å². The number of para-hydroxylation sites is 1. The first-order valence-corrected chi connectivity index (χ1v) is 10.4. The van der Waals surface area contributed by atoms with Crippen LogP contribution in [0, 0.1) is 5.41 Å². The molecular weight excluding hydrogens is 354 g/mol. The standard InChI is InChI=1S/C24H28ClNO/c1-2-24(15-9-17-25)16-14-22(18-23(24)27)26(21-12-7-4-8-13-21)19-20-10-5-3-6-11-20/h3-8,10-13,18H,2,9,14-17,19H2,1H3. The molecule has 3 rings (SSSR count). The number of carbonyl (C=O) groups is 1. The molecule has 0 fully saturated rings. The van der Waals surface area contributed by atoms with Crippen molar-refractivity contribution in [2.24, 2.45) is 5.41 Å². The molecule has 0 N–H and O–H groups in total. The van der Waals surface area contributed by atoms with Gasteiger partial charge in [0.25, 0.3) is 0 Å². The molecule has 2 aromatic carbocycles. The summed E-state index contributed by atoms with van der Waals surface area (Å²) >= 11 is 5.90. The minimum atomic E-state index is -0.229. The van der Waals surface area contributed by atoms with Gasteiger partial charge in [-0.25, -0.2) is 0 Å². The Morgan fingerprint density at radius 3 is 2.30 bits per heavy atom. The number of halogens is 1. The molecule has 0 bridgehead atoms. The molecule has 1 aliphatic rings. The molecule has 142 valence electrons. The van der Waals surface area contributed by atoms with E-state index in [0.717, 1.165) is 50.0 Å². The fourth-order valence-electron chi connectivity index (χ4n) is 3.99. The van der Waals surface area contributed by atoms with E-state index in [9.17, 15) is 4.79 Å². The summed E-state index contributed by atoms with van der Waals surface area (Å²) in [5.74, 6) is 0.890. The van der Waals surface area contributed by atoms with Gasteiger partial charge in [0.1, 0.15) is 0 Å². The van der Waals surface area contributed by atoms with Crippen LogP contribution in [0.3, 0.4) is 0 Å². The van der Waals surface area contributed by atoms with Gasteiger partial charge >= 0.3 is 0 Å². The number of carbonyl (C=O) groups excluding carboxylic acids is 1. The van der Waals surface area contributed by atoms with Gasteiger partial charge in [0.15, 0.2) is 5.78 Å². The van der Waals surface area contributed by atoms with Crippen LogP contribution in [-0.4, -0.2) is 11.7 Å². The zero-order valence-corrected chi connectivity index (χ0v) is 16.8. The van der Waals surface area contributed by atoms with Crippen molar-refractivity contribution < 1.29 is 4.79 Å². The van der Waals surface area contributed by atoms with Crippen LogP contribution >= 0.6 is 11.6 Å². The number of ketones is 1. The molecule has 2 aromatic rings. The first-order chi connectivity index (χ1) is 13.2. The molecule has 2 nitrogen and oxygen atoms in total. The van der Waals surface area contributed by atoms with Crippen molar-refractivity contribution >= 4 is 23.1 Å². The minimum absolute atomic E-state index is 0.229. The highest BCUT2D eigenvalue weighted by molar-refractivity contribution is 6.17. The highest BCUT2D eigenvalue weighted by Crippen LogP contribution is 2.41. The second-order valence-corrected chi connectivity index (χ2v) is 7.71. The summed E-state index contributed by atoms with van der Waals surface area (Å²) in [6, 6.07) is 20.8. The number of anilines is 1. The maximum Gasteiger partial charge on any atom is 0.163 e. The first-order valence-electron chi connectivity index (χ1n) is 9.86. The zero-order valence-electron chi connectivity index (χ0n) is 16.0. The minimum Gasteiger partial charge on any atom is -0.341 e. The van der Waals surface area contributed by atoms with E-state index < -0.39 is 0 Å². The van der Waals surface area contributed by atoms with Gasteiger partial charge in [0.05, 0.1) is 0 Å². The SMILES string of the molecule is CCC1(CCCCl)CCC(N(Cc2ccccc2)c2ccccc2)=CC1=O. The van der Waals surface area contributed by atoms with Gasteiger partial charge in [0.2, 0.25) is 0 Å². The topological polar surface area (TPSA) is 20.3 Å². The van der Waals surface area contributed by atoms with E-state index in [2.05, 4.69) is 60.4 Å². The normalized spacial score (nSPS) is 19.6. The Morgan fingerprint density at radius 1 is 1.04 bits per heavy atom. The molecule has 0 heterocycles. The average molecular weight is 382 g/mol. The fourth-order valence-corrected chi connectivity index (χ4v) is 4.13. The third kappa shape index (κ3) is 4.62. The van der Waals surface area contributed by atoms with Crippen LogP contribution in [0.15, 0.2) is 72.4 Å². The number of rotatable bonds is 8. The van der Waals surface area contributed by atoms with Gasteiger partial charge in [-0.2, -0.15) is 0 Å². The van der Waals surface area contributed by atoms with Crippen molar-refractivity contribution in [1.29, 1.82) is 0 Å². The van der Waals surface area contributed by atoms with E-state index in [1.807, 2.05) is 18.2 Å². The summed E-state index contributed by atoms with van der Waals surface area (Å²) < 4.78 is 0. The molecule has 1 atom stereocenters. The maximum absolute atomic E-state index is 13.1. The Kier molecular flexibility index (Phi) is 6.73. The number of alkyl halides is 1. The number of allylic oxidation sites excluding steroid dienone is 2. The molecular formula is C24H28ClNO. The Balaban J connectivity index is 1.90. The Labute approximate surface area is 167 Å². The van der Waals surface area contributed by atoms with Crippen molar-refractivity contribution in [3.05, 3.63) is 78.0 Å². The van der Waals surface area contributed by atoms with Crippen molar-refractivity contribution in [1.82, 2.24) is 0 Å². The van der Waals surface area contributed by atoms with Gasteiger partial charge in [0, 0.05) is 35.3 Å². The van der Waals surface area contributed by atoms with Gasteiger partial charge in [-0.15, -0.1) is 11.6 Å². The molecule has 0 amide bonds. The van der Waals surface area contributed by atoms with Crippen LogP contribution < -0.4 is 4.90 Å². The lowest BCUT2D eigenvalue weighted by Gasteiger charge is -2.38. The number of hydrogen-bond acceptors (Lipinski definition) is 2. The van der Waals surface area contributed by atoms with E-state index in [-0.39, 0.29) is 11.2 Å². The second-order valence-electron chi connectivity index (χ2n) is 7.33. The summed E-state index contributed by atoms with van der Waals surface area (Å²) in [4.78, 5) is 15.4. The van der Waals surface area contributed by atoms with Crippen molar-refractivity contribution in [2.75, 3.05) is 10.8 Å². The van der Waals surface area contributed by atoms with Gasteiger partial charge in [-0.1, -0.05) is 55.5 Å². The quantitative estimate of drug-likeness (QED) is 0.496. The van der Waals surface area contributed by atoms with Crippen molar-refractivity contribution in [3.63, 3.8) is 0 Å². The van der Waals surface area contributed by atoms with Crippen LogP contribution in [0.25, 0.3) is 0 Å². The maximum atomic E-state index is 13.1. The van der Waals surface area contributed by atoms with E-state index in [1.165, 1.54) is 5.56 Å². The predicted molar refractivity (Wildman–Crippen MR) is 114 cm³/mol. The molecule has 0 radical (unpaired) electrons. The average Bonchev–Trinajstić information content (AvgIpc) is 2.73. The summed E-state index contributed by atoms with van der Waals surface area (Å²) in [5.41, 5.74) is 3.26. The largest absolute Gasteiger partial charge is 0.341 e. The fraction of sp³-hybridized carbons (Fsp3) is 0.375. The molecule has 0 saturated heterocycles. The number of nitrogens with zero attached hydrogens (tertiary/aromatic N) is 1. The molecule has 3 heteroatoms.